The molecule has 1 aliphatic heterocycles. The van der Waals surface area contributed by atoms with Crippen molar-refractivity contribution in [1.29, 1.82) is 0 Å². The minimum Gasteiger partial charge on any atom is -0.365 e. The van der Waals surface area contributed by atoms with Crippen LogP contribution in [0.1, 0.15) is 19.5 Å². The number of hydrogen-bond acceptors (Lipinski definition) is 2. The van der Waals surface area contributed by atoms with E-state index in [9.17, 15) is 0 Å². The average Bonchev–Trinajstić information content (AvgIpc) is 2.70. The summed E-state index contributed by atoms with van der Waals surface area (Å²) in [4.78, 5) is 5.87. The van der Waals surface area contributed by atoms with Gasteiger partial charge in [0.25, 0.3) is 0 Å². The highest BCUT2D eigenvalue weighted by Gasteiger charge is 2.23. The van der Waals surface area contributed by atoms with Gasteiger partial charge in [-0.05, 0) is 24.0 Å². The summed E-state index contributed by atoms with van der Waals surface area (Å²) < 4.78 is 0. The zero-order chi connectivity index (χ0) is 11.4. The molecule has 1 aromatic heterocycles. The molecule has 3 nitrogen and oxygen atoms in total. The lowest BCUT2D eigenvalue weighted by atomic mass is 9.87. The molecule has 0 bridgehead atoms. The summed E-state index contributed by atoms with van der Waals surface area (Å²) >= 11 is 0. The minimum atomic E-state index is 0.349. The highest BCUT2D eigenvalue weighted by atomic mass is 15.2. The molecule has 0 aliphatic carbocycles. The van der Waals surface area contributed by atoms with Crippen LogP contribution in [0.2, 0.25) is 0 Å². The van der Waals surface area contributed by atoms with Crippen molar-refractivity contribution in [3.8, 4) is 0 Å². The van der Waals surface area contributed by atoms with Crippen LogP contribution in [0.4, 0.5) is 0 Å². The number of hydrogen-bond donors (Lipinski definition) is 2. The molecular weight excluding hydrogens is 198 g/mol. The largest absolute Gasteiger partial charge is 0.365 e. The first kappa shape index (κ1) is 11.7. The lowest BCUT2D eigenvalue weighted by Crippen LogP contribution is -2.47. The molecule has 1 saturated heterocycles. The van der Waals surface area contributed by atoms with Gasteiger partial charge in [0, 0.05) is 44.6 Å². The first-order valence-electron chi connectivity index (χ1n) is 6.21. The number of aromatic nitrogens is 1. The molecule has 90 valence electrons. The highest BCUT2D eigenvalue weighted by molar-refractivity contribution is 5.06. The van der Waals surface area contributed by atoms with E-state index in [0.29, 0.717) is 5.41 Å². The number of H-pyrrole nitrogens is 1. The number of aromatic amines is 1. The summed E-state index contributed by atoms with van der Waals surface area (Å²) in [6.07, 6.45) is 3.14. The van der Waals surface area contributed by atoms with Crippen molar-refractivity contribution in [3.05, 3.63) is 24.0 Å². The fourth-order valence-corrected chi connectivity index (χ4v) is 2.52. The molecule has 0 amide bonds. The van der Waals surface area contributed by atoms with Crippen LogP contribution in [0.15, 0.2) is 18.3 Å². The maximum absolute atomic E-state index is 3.40. The van der Waals surface area contributed by atoms with Crippen molar-refractivity contribution in [2.24, 2.45) is 5.41 Å². The topological polar surface area (TPSA) is 31.1 Å². The van der Waals surface area contributed by atoms with Gasteiger partial charge >= 0.3 is 0 Å². The molecule has 16 heavy (non-hydrogen) atoms. The van der Waals surface area contributed by atoms with Gasteiger partial charge in [0.2, 0.25) is 0 Å². The zero-order valence-corrected chi connectivity index (χ0v) is 10.4. The summed E-state index contributed by atoms with van der Waals surface area (Å²) in [5.74, 6) is 0. The second kappa shape index (κ2) is 5.02. The number of rotatable bonds is 4. The molecule has 2 N–H and O–H groups in total. The standard InChI is InChI=1S/C13H23N3/c1-13(2,10-12-4-3-5-15-12)11-16-8-6-14-7-9-16/h3-5,14-15H,6-11H2,1-2H3. The van der Waals surface area contributed by atoms with Crippen molar-refractivity contribution >= 4 is 0 Å². The molecule has 0 unspecified atom stereocenters. The molecule has 1 aromatic rings. The van der Waals surface area contributed by atoms with Crippen LogP contribution in [0, 0.1) is 5.41 Å². The van der Waals surface area contributed by atoms with Gasteiger partial charge in [-0.2, -0.15) is 0 Å². The van der Waals surface area contributed by atoms with E-state index in [0.717, 1.165) is 19.5 Å². The van der Waals surface area contributed by atoms with Crippen molar-refractivity contribution in [2.75, 3.05) is 32.7 Å². The van der Waals surface area contributed by atoms with Crippen LogP contribution in [0.5, 0.6) is 0 Å². The molecule has 0 radical (unpaired) electrons. The lowest BCUT2D eigenvalue weighted by molar-refractivity contribution is 0.159. The van der Waals surface area contributed by atoms with E-state index in [1.807, 2.05) is 6.20 Å². The van der Waals surface area contributed by atoms with Crippen LogP contribution in [-0.2, 0) is 6.42 Å². The van der Waals surface area contributed by atoms with E-state index in [4.69, 9.17) is 0 Å². The normalized spacial score (nSPS) is 18.9. The van der Waals surface area contributed by atoms with Crippen molar-refractivity contribution in [1.82, 2.24) is 15.2 Å². The lowest BCUT2D eigenvalue weighted by Gasteiger charge is -2.35. The van der Waals surface area contributed by atoms with Crippen LogP contribution in [0.3, 0.4) is 0 Å². The highest BCUT2D eigenvalue weighted by Crippen LogP contribution is 2.22. The van der Waals surface area contributed by atoms with Crippen LogP contribution in [0.25, 0.3) is 0 Å². The maximum atomic E-state index is 3.40. The van der Waals surface area contributed by atoms with Crippen LogP contribution >= 0.6 is 0 Å². The fourth-order valence-electron chi connectivity index (χ4n) is 2.52. The monoisotopic (exact) mass is 221 g/mol. The Hall–Kier alpha value is -0.800. The molecule has 0 atom stereocenters. The van der Waals surface area contributed by atoms with Gasteiger partial charge in [0.05, 0.1) is 0 Å². The Morgan fingerprint density at radius 3 is 2.69 bits per heavy atom. The Morgan fingerprint density at radius 1 is 1.31 bits per heavy atom. The quantitative estimate of drug-likeness (QED) is 0.807. The fraction of sp³-hybridized carbons (Fsp3) is 0.692. The molecule has 0 aromatic carbocycles. The molecule has 0 spiro atoms. The third-order valence-corrected chi connectivity index (χ3v) is 3.19. The van der Waals surface area contributed by atoms with E-state index >= 15 is 0 Å². The Bertz CT molecular complexity index is 297. The first-order chi connectivity index (χ1) is 7.66. The second-order valence-corrected chi connectivity index (χ2v) is 5.56. The van der Waals surface area contributed by atoms with Crippen molar-refractivity contribution in [2.45, 2.75) is 20.3 Å². The zero-order valence-electron chi connectivity index (χ0n) is 10.4. The van der Waals surface area contributed by atoms with Gasteiger partial charge in [-0.25, -0.2) is 0 Å². The van der Waals surface area contributed by atoms with Crippen LogP contribution in [-0.4, -0.2) is 42.6 Å². The summed E-state index contributed by atoms with van der Waals surface area (Å²) in [6.45, 7) is 10.6. The van der Waals surface area contributed by atoms with Gasteiger partial charge in [-0.1, -0.05) is 13.8 Å². The minimum absolute atomic E-state index is 0.349. The summed E-state index contributed by atoms with van der Waals surface area (Å²) in [7, 11) is 0. The SMILES string of the molecule is CC(C)(Cc1ccc[nH]1)CN1CCNCC1. The molecule has 2 heterocycles. The van der Waals surface area contributed by atoms with Gasteiger partial charge in [-0.3, -0.25) is 0 Å². The molecule has 2 rings (SSSR count). The second-order valence-electron chi connectivity index (χ2n) is 5.56. The van der Waals surface area contributed by atoms with Gasteiger partial charge in [-0.15, -0.1) is 0 Å². The molecule has 0 saturated carbocycles. The molecule has 1 aliphatic rings. The Kier molecular flexibility index (Phi) is 3.66. The number of piperazine rings is 1. The predicted octanol–water partition coefficient (Wildman–Crippen LogP) is 1.49. The average molecular weight is 221 g/mol. The summed E-state index contributed by atoms with van der Waals surface area (Å²) in [5, 5.41) is 3.40. The van der Waals surface area contributed by atoms with E-state index in [1.54, 1.807) is 0 Å². The summed E-state index contributed by atoms with van der Waals surface area (Å²) in [6, 6.07) is 4.26. The number of nitrogens with zero attached hydrogens (tertiary/aromatic N) is 1. The molecular formula is C13H23N3. The Morgan fingerprint density at radius 2 is 2.06 bits per heavy atom. The van der Waals surface area contributed by atoms with E-state index in [2.05, 4.69) is 41.2 Å². The predicted molar refractivity (Wildman–Crippen MR) is 67.6 cm³/mol. The molecule has 3 heteroatoms. The molecule has 1 fully saturated rings. The van der Waals surface area contributed by atoms with Gasteiger partial charge in [0.15, 0.2) is 0 Å². The number of nitrogens with one attached hydrogen (secondary N) is 2. The Balaban J connectivity index is 1.86. The third-order valence-electron chi connectivity index (χ3n) is 3.19. The van der Waals surface area contributed by atoms with Crippen molar-refractivity contribution in [3.63, 3.8) is 0 Å². The van der Waals surface area contributed by atoms with E-state index in [1.165, 1.54) is 25.3 Å². The maximum Gasteiger partial charge on any atom is 0.0152 e. The van der Waals surface area contributed by atoms with Gasteiger partial charge in [0.1, 0.15) is 0 Å². The van der Waals surface area contributed by atoms with Crippen LogP contribution < -0.4 is 5.32 Å². The first-order valence-corrected chi connectivity index (χ1v) is 6.21. The Labute approximate surface area is 98.2 Å². The van der Waals surface area contributed by atoms with E-state index < -0.39 is 0 Å². The van der Waals surface area contributed by atoms with Gasteiger partial charge < -0.3 is 15.2 Å². The summed E-state index contributed by atoms with van der Waals surface area (Å²) in [5.41, 5.74) is 1.70. The van der Waals surface area contributed by atoms with E-state index in [-0.39, 0.29) is 0 Å². The van der Waals surface area contributed by atoms with Crippen molar-refractivity contribution < 1.29 is 0 Å². The smallest absolute Gasteiger partial charge is 0.0152 e. The third kappa shape index (κ3) is 3.35.